The topological polar surface area (TPSA) is 38.8 Å². The smallest absolute Gasteiger partial charge is 0.264 e. The highest BCUT2D eigenvalue weighted by Gasteiger charge is 2.32. The van der Waals surface area contributed by atoms with E-state index < -0.39 is 29.0 Å². The molecular weight excluding hydrogens is 258 g/mol. The molecule has 0 saturated heterocycles. The minimum Gasteiger partial charge on any atom is -0.264 e. The number of alkyl halides is 3. The number of halogens is 4. The van der Waals surface area contributed by atoms with Crippen molar-refractivity contribution in [2.24, 2.45) is 0 Å². The Labute approximate surface area is 99.6 Å². The largest absolute Gasteiger partial charge is 0.416 e. The number of nitrogens with zero attached hydrogens (tertiary/aromatic N) is 1. The van der Waals surface area contributed by atoms with Gasteiger partial charge in [-0.05, 0) is 18.2 Å². The van der Waals surface area contributed by atoms with Gasteiger partial charge in [-0.15, -0.1) is 0 Å². The van der Waals surface area contributed by atoms with Gasteiger partial charge in [0.2, 0.25) is 0 Å². The van der Waals surface area contributed by atoms with Crippen LogP contribution in [0.2, 0.25) is 0 Å². The zero-order valence-corrected chi connectivity index (χ0v) is 9.42. The molecule has 1 aromatic carbocycles. The van der Waals surface area contributed by atoms with Crippen LogP contribution in [-0.4, -0.2) is 25.4 Å². The molecule has 0 bridgehead atoms. The number of rotatable bonds is 3. The highest BCUT2D eigenvalue weighted by Crippen LogP contribution is 2.30. The van der Waals surface area contributed by atoms with Crippen LogP contribution in [0.4, 0.5) is 17.6 Å². The first-order chi connectivity index (χ1) is 8.29. The first-order valence-electron chi connectivity index (χ1n) is 4.60. The number of carbonyl (C=O) groups excluding carboxylic acids is 1. The summed E-state index contributed by atoms with van der Waals surface area (Å²) < 4.78 is 50.3. The van der Waals surface area contributed by atoms with Crippen molar-refractivity contribution in [1.29, 1.82) is 0 Å². The molecule has 0 N–H and O–H groups in total. The molecule has 0 aromatic heterocycles. The highest BCUT2D eigenvalue weighted by molar-refractivity contribution is 5.93. The number of hydrogen-bond acceptors (Lipinski definition) is 3. The fourth-order valence-electron chi connectivity index (χ4n) is 1.22. The van der Waals surface area contributed by atoms with Crippen LogP contribution >= 0.6 is 0 Å². The van der Waals surface area contributed by atoms with E-state index in [9.17, 15) is 22.4 Å². The van der Waals surface area contributed by atoms with E-state index in [-0.39, 0.29) is 0 Å². The van der Waals surface area contributed by atoms with Crippen molar-refractivity contribution in [3.8, 4) is 0 Å². The van der Waals surface area contributed by atoms with Gasteiger partial charge < -0.3 is 0 Å². The Hall–Kier alpha value is -1.67. The Morgan fingerprint density at radius 3 is 2.17 bits per heavy atom. The van der Waals surface area contributed by atoms with E-state index in [2.05, 4.69) is 9.68 Å². The maximum absolute atomic E-state index is 13.0. The summed E-state index contributed by atoms with van der Waals surface area (Å²) >= 11 is 0. The van der Waals surface area contributed by atoms with Crippen molar-refractivity contribution in [1.82, 2.24) is 5.23 Å². The summed E-state index contributed by atoms with van der Waals surface area (Å²) in [7, 11) is 2.15. The summed E-state index contributed by atoms with van der Waals surface area (Å²) in [6.07, 6.45) is -4.75. The first-order valence-corrected chi connectivity index (χ1v) is 4.60. The molecule has 0 aliphatic heterocycles. The minimum atomic E-state index is -4.75. The van der Waals surface area contributed by atoms with Crippen LogP contribution in [0.1, 0.15) is 15.9 Å². The van der Waals surface area contributed by atoms with Crippen molar-refractivity contribution >= 4 is 5.91 Å². The molecule has 8 heteroatoms. The van der Waals surface area contributed by atoms with Gasteiger partial charge in [-0.2, -0.15) is 13.2 Å². The number of carbonyl (C=O) groups is 1. The van der Waals surface area contributed by atoms with Crippen molar-refractivity contribution in [3.63, 3.8) is 0 Å². The summed E-state index contributed by atoms with van der Waals surface area (Å²) in [6.45, 7) is 0. The van der Waals surface area contributed by atoms with Gasteiger partial charge in [0.05, 0.1) is 19.8 Å². The molecule has 18 heavy (non-hydrogen) atoms. The van der Waals surface area contributed by atoms with Gasteiger partial charge in [0.15, 0.2) is 0 Å². The normalized spacial score (nSPS) is 11.4. The molecule has 0 saturated carbocycles. The second-order valence-electron chi connectivity index (χ2n) is 3.15. The van der Waals surface area contributed by atoms with Gasteiger partial charge in [-0.1, -0.05) is 5.23 Å². The summed E-state index contributed by atoms with van der Waals surface area (Å²) in [6, 6.07) is 1.46. The average molecular weight is 267 g/mol. The third-order valence-electron chi connectivity index (χ3n) is 1.97. The second kappa shape index (κ2) is 5.32. The molecule has 0 unspecified atom stereocenters. The molecular formula is C10H9F4NO3. The number of hydrogen-bond donors (Lipinski definition) is 0. The second-order valence-corrected chi connectivity index (χ2v) is 3.15. The molecule has 0 spiro atoms. The van der Waals surface area contributed by atoms with Gasteiger partial charge in [0.25, 0.3) is 0 Å². The number of amides is 1. The molecule has 100 valence electrons. The zero-order valence-electron chi connectivity index (χ0n) is 9.42. The maximum atomic E-state index is 13.0. The lowest BCUT2D eigenvalue weighted by atomic mass is 10.1. The minimum absolute atomic E-state index is 0.292. The number of hydroxylamine groups is 2. The maximum Gasteiger partial charge on any atom is 0.416 e. The molecule has 0 radical (unpaired) electrons. The van der Waals surface area contributed by atoms with Crippen molar-refractivity contribution in [2.45, 2.75) is 6.18 Å². The van der Waals surface area contributed by atoms with Crippen LogP contribution in [0.5, 0.6) is 0 Å². The molecule has 1 amide bonds. The van der Waals surface area contributed by atoms with Crippen molar-refractivity contribution in [3.05, 3.63) is 35.1 Å². The van der Waals surface area contributed by atoms with E-state index in [0.29, 0.717) is 23.4 Å². The molecule has 1 rings (SSSR count). The fraction of sp³-hybridized carbons (Fsp3) is 0.300. The van der Waals surface area contributed by atoms with E-state index in [1.807, 2.05) is 0 Å². The molecule has 0 aliphatic rings. The Bertz CT molecular complexity index is 443. The van der Waals surface area contributed by atoms with E-state index in [1.54, 1.807) is 0 Å². The highest BCUT2D eigenvalue weighted by atomic mass is 19.4. The first kappa shape index (κ1) is 14.4. The molecule has 0 fully saturated rings. The molecule has 4 nitrogen and oxygen atoms in total. The van der Waals surface area contributed by atoms with Gasteiger partial charge in [0.1, 0.15) is 5.82 Å². The van der Waals surface area contributed by atoms with Crippen LogP contribution in [0, 0.1) is 5.82 Å². The lowest BCUT2D eigenvalue weighted by molar-refractivity contribution is -0.299. The average Bonchev–Trinajstić information content (AvgIpc) is 2.28. The lowest BCUT2D eigenvalue weighted by Crippen LogP contribution is -2.29. The van der Waals surface area contributed by atoms with Gasteiger partial charge >= 0.3 is 12.1 Å². The quantitative estimate of drug-likeness (QED) is 0.623. The predicted molar refractivity (Wildman–Crippen MR) is 51.6 cm³/mol. The lowest BCUT2D eigenvalue weighted by Gasteiger charge is -2.16. The van der Waals surface area contributed by atoms with E-state index in [4.69, 9.17) is 0 Å². The summed E-state index contributed by atoms with van der Waals surface area (Å²) in [5.41, 5.74) is -1.80. The van der Waals surface area contributed by atoms with Crippen molar-refractivity contribution < 1.29 is 32.0 Å². The summed E-state index contributed by atoms with van der Waals surface area (Å²) in [5, 5.41) is 0.328. The van der Waals surface area contributed by atoms with Gasteiger partial charge in [-0.25, -0.2) is 14.1 Å². The molecule has 0 atom stereocenters. The third-order valence-corrected chi connectivity index (χ3v) is 1.97. The Morgan fingerprint density at radius 1 is 1.17 bits per heavy atom. The van der Waals surface area contributed by atoms with Crippen LogP contribution in [-0.2, 0) is 15.9 Å². The van der Waals surface area contributed by atoms with E-state index in [1.165, 1.54) is 0 Å². The summed E-state index contributed by atoms with van der Waals surface area (Å²) in [4.78, 5) is 20.5. The molecule has 0 heterocycles. The third kappa shape index (κ3) is 3.17. The Balaban J connectivity index is 3.18. The van der Waals surface area contributed by atoms with Crippen LogP contribution in [0.15, 0.2) is 18.2 Å². The molecule has 0 aliphatic carbocycles. The predicted octanol–water partition coefficient (Wildman–Crippen LogP) is 2.41. The van der Waals surface area contributed by atoms with Crippen LogP contribution in [0.3, 0.4) is 0 Å². The Morgan fingerprint density at radius 2 is 1.72 bits per heavy atom. The molecule has 1 aromatic rings. The number of benzene rings is 1. The fourth-order valence-corrected chi connectivity index (χ4v) is 1.22. The zero-order chi connectivity index (χ0) is 13.9. The SMILES string of the molecule is CON(OC)C(=O)c1cc(F)cc(C(F)(F)F)c1. The standard InChI is InChI=1S/C10H9F4NO3/c1-17-15(18-2)9(16)6-3-7(10(12,13)14)5-8(11)4-6/h3-5H,1-2H3. The van der Waals surface area contributed by atoms with E-state index in [0.717, 1.165) is 14.2 Å². The summed E-state index contributed by atoms with van der Waals surface area (Å²) in [5.74, 6) is -2.23. The monoisotopic (exact) mass is 267 g/mol. The van der Waals surface area contributed by atoms with E-state index >= 15 is 0 Å². The van der Waals surface area contributed by atoms with Crippen molar-refractivity contribution in [2.75, 3.05) is 14.2 Å². The Kier molecular flexibility index (Phi) is 4.25. The van der Waals surface area contributed by atoms with Gasteiger partial charge in [0, 0.05) is 5.56 Å². The van der Waals surface area contributed by atoms with Crippen LogP contribution < -0.4 is 0 Å². The van der Waals surface area contributed by atoms with Crippen LogP contribution in [0.25, 0.3) is 0 Å². The van der Waals surface area contributed by atoms with Gasteiger partial charge in [-0.3, -0.25) is 4.79 Å².